The van der Waals surface area contributed by atoms with Crippen LogP contribution in [-0.2, 0) is 17.9 Å². The molecule has 0 fully saturated rings. The van der Waals surface area contributed by atoms with Crippen LogP contribution in [0.3, 0.4) is 0 Å². The zero-order valence-electron chi connectivity index (χ0n) is 22.3. The summed E-state index contributed by atoms with van der Waals surface area (Å²) >= 11 is 0. The first kappa shape index (κ1) is 25.3. The number of carbonyl (C=O) groups is 2. The van der Waals surface area contributed by atoms with E-state index < -0.39 is 5.54 Å². The van der Waals surface area contributed by atoms with E-state index in [0.29, 0.717) is 34.3 Å². The van der Waals surface area contributed by atoms with Crippen LogP contribution in [0.5, 0.6) is 23.0 Å². The molecule has 6 rings (SSSR count). The minimum atomic E-state index is -1.32. The van der Waals surface area contributed by atoms with Crippen LogP contribution in [0.2, 0.25) is 0 Å². The topological polar surface area (TPSA) is 104 Å². The van der Waals surface area contributed by atoms with Gasteiger partial charge < -0.3 is 24.3 Å². The molecular formula is C30H28N4O6. The highest BCUT2D eigenvalue weighted by atomic mass is 16.7. The molecule has 0 bridgehead atoms. The van der Waals surface area contributed by atoms with Gasteiger partial charge in [0.25, 0.3) is 5.91 Å². The SMILES string of the molecule is COc1ccc(-c2cc3n(n2)C[C@](C)(C(=O)NCc2ccccc2OC)N(c2ccc4c(c2)OCO4)C3=O)cc1. The average Bonchev–Trinajstić information content (AvgIpc) is 3.63. The lowest BCUT2D eigenvalue weighted by atomic mass is 9.93. The summed E-state index contributed by atoms with van der Waals surface area (Å²) in [6, 6.07) is 21.9. The Balaban J connectivity index is 1.38. The van der Waals surface area contributed by atoms with Crippen molar-refractivity contribution in [3.63, 3.8) is 0 Å². The fourth-order valence-corrected chi connectivity index (χ4v) is 5.13. The normalized spacial score (nSPS) is 17.4. The van der Waals surface area contributed by atoms with E-state index >= 15 is 0 Å². The van der Waals surface area contributed by atoms with Gasteiger partial charge in [0.15, 0.2) is 11.5 Å². The third kappa shape index (κ3) is 4.27. The van der Waals surface area contributed by atoms with Crippen LogP contribution < -0.4 is 29.2 Å². The van der Waals surface area contributed by atoms with E-state index in [-0.39, 0.29) is 31.7 Å². The number of amides is 2. The van der Waals surface area contributed by atoms with Crippen molar-refractivity contribution in [2.45, 2.75) is 25.6 Å². The summed E-state index contributed by atoms with van der Waals surface area (Å²) in [7, 11) is 3.19. The third-order valence-electron chi connectivity index (χ3n) is 7.27. The number of hydrogen-bond acceptors (Lipinski definition) is 7. The molecule has 10 heteroatoms. The monoisotopic (exact) mass is 540 g/mol. The Morgan fingerprint density at radius 2 is 1.77 bits per heavy atom. The summed E-state index contributed by atoms with van der Waals surface area (Å²) in [5.41, 5.74) is 1.84. The van der Waals surface area contributed by atoms with Gasteiger partial charge in [-0.2, -0.15) is 5.10 Å². The second-order valence-electron chi connectivity index (χ2n) is 9.75. The van der Waals surface area contributed by atoms with Crippen molar-refractivity contribution in [1.82, 2.24) is 15.1 Å². The molecule has 0 saturated carbocycles. The maximum atomic E-state index is 14.1. The highest BCUT2D eigenvalue weighted by Crippen LogP contribution is 2.40. The lowest BCUT2D eigenvalue weighted by Gasteiger charge is -2.43. The van der Waals surface area contributed by atoms with Gasteiger partial charge in [0, 0.05) is 29.4 Å². The Hall–Kier alpha value is -4.99. The molecule has 0 spiro atoms. The fourth-order valence-electron chi connectivity index (χ4n) is 5.13. The number of rotatable bonds is 7. The quantitative estimate of drug-likeness (QED) is 0.377. The molecule has 0 saturated heterocycles. The Morgan fingerprint density at radius 1 is 1.00 bits per heavy atom. The van der Waals surface area contributed by atoms with Crippen molar-refractivity contribution in [1.29, 1.82) is 0 Å². The van der Waals surface area contributed by atoms with Crippen LogP contribution in [0.15, 0.2) is 72.8 Å². The summed E-state index contributed by atoms with van der Waals surface area (Å²) in [4.78, 5) is 29.6. The Labute approximate surface area is 231 Å². The first-order chi connectivity index (χ1) is 19.4. The van der Waals surface area contributed by atoms with Crippen LogP contribution in [0.1, 0.15) is 23.0 Å². The van der Waals surface area contributed by atoms with Gasteiger partial charge in [-0.05, 0) is 55.5 Å². The van der Waals surface area contributed by atoms with E-state index in [4.69, 9.17) is 24.0 Å². The number of carbonyl (C=O) groups excluding carboxylic acids is 2. The van der Waals surface area contributed by atoms with Gasteiger partial charge in [-0.25, -0.2) is 0 Å². The Bertz CT molecular complexity index is 1600. The van der Waals surface area contributed by atoms with Crippen molar-refractivity contribution in [3.05, 3.63) is 84.1 Å². The smallest absolute Gasteiger partial charge is 0.277 e. The van der Waals surface area contributed by atoms with E-state index in [1.165, 1.54) is 4.90 Å². The van der Waals surface area contributed by atoms with Crippen LogP contribution in [0.25, 0.3) is 11.3 Å². The predicted molar refractivity (Wildman–Crippen MR) is 147 cm³/mol. The van der Waals surface area contributed by atoms with Crippen LogP contribution in [-0.4, -0.2) is 48.1 Å². The van der Waals surface area contributed by atoms with Gasteiger partial charge in [0.2, 0.25) is 12.7 Å². The Kier molecular flexibility index (Phi) is 6.30. The van der Waals surface area contributed by atoms with Crippen molar-refractivity contribution in [3.8, 4) is 34.3 Å². The van der Waals surface area contributed by atoms with Gasteiger partial charge in [0.05, 0.1) is 26.5 Å². The summed E-state index contributed by atoms with van der Waals surface area (Å²) in [6.45, 7) is 2.20. The molecule has 1 atom stereocenters. The number of hydrogen-bond donors (Lipinski definition) is 1. The van der Waals surface area contributed by atoms with Crippen LogP contribution in [0, 0.1) is 0 Å². The van der Waals surface area contributed by atoms with Gasteiger partial charge in [0.1, 0.15) is 22.7 Å². The lowest BCUT2D eigenvalue weighted by Crippen LogP contribution is -2.64. The number of benzene rings is 3. The average molecular weight is 541 g/mol. The van der Waals surface area contributed by atoms with E-state index in [1.54, 1.807) is 50.1 Å². The Morgan fingerprint density at radius 3 is 2.55 bits per heavy atom. The number of aromatic nitrogens is 2. The van der Waals surface area contributed by atoms with Gasteiger partial charge in [-0.3, -0.25) is 19.2 Å². The van der Waals surface area contributed by atoms with E-state index in [9.17, 15) is 9.59 Å². The molecule has 0 radical (unpaired) electrons. The zero-order chi connectivity index (χ0) is 27.9. The second-order valence-corrected chi connectivity index (χ2v) is 9.75. The second kappa shape index (κ2) is 9.96. The molecule has 204 valence electrons. The number of methoxy groups -OCH3 is 2. The van der Waals surface area contributed by atoms with Crippen LogP contribution in [0.4, 0.5) is 5.69 Å². The maximum Gasteiger partial charge on any atom is 0.277 e. The predicted octanol–water partition coefficient (Wildman–Crippen LogP) is 4.03. The molecule has 2 aliphatic rings. The summed E-state index contributed by atoms with van der Waals surface area (Å²) in [6.07, 6.45) is 0. The highest BCUT2D eigenvalue weighted by Gasteiger charge is 2.49. The molecule has 3 aromatic carbocycles. The van der Waals surface area contributed by atoms with E-state index in [0.717, 1.165) is 16.9 Å². The van der Waals surface area contributed by atoms with Gasteiger partial charge in [-0.1, -0.05) is 18.2 Å². The highest BCUT2D eigenvalue weighted by molar-refractivity contribution is 6.12. The number of nitrogens with zero attached hydrogens (tertiary/aromatic N) is 3. The molecule has 1 aromatic heterocycles. The summed E-state index contributed by atoms with van der Waals surface area (Å²) < 4.78 is 23.3. The minimum Gasteiger partial charge on any atom is -0.497 e. The molecule has 2 amide bonds. The molecular weight excluding hydrogens is 512 g/mol. The third-order valence-corrected chi connectivity index (χ3v) is 7.27. The molecule has 0 aliphatic carbocycles. The number of anilines is 1. The van der Waals surface area contributed by atoms with Crippen molar-refractivity contribution in [2.24, 2.45) is 0 Å². The molecule has 40 heavy (non-hydrogen) atoms. The number of nitrogens with one attached hydrogen (secondary N) is 1. The van der Waals surface area contributed by atoms with E-state index in [1.807, 2.05) is 48.5 Å². The van der Waals surface area contributed by atoms with Crippen molar-refractivity contribution >= 4 is 17.5 Å². The lowest BCUT2D eigenvalue weighted by molar-refractivity contribution is -0.126. The number of para-hydroxylation sites is 1. The molecule has 3 heterocycles. The zero-order valence-corrected chi connectivity index (χ0v) is 22.3. The first-order valence-electron chi connectivity index (χ1n) is 12.8. The van der Waals surface area contributed by atoms with Crippen molar-refractivity contribution in [2.75, 3.05) is 25.9 Å². The number of fused-ring (bicyclic) bond motifs is 2. The summed E-state index contributed by atoms with van der Waals surface area (Å²) in [5, 5.41) is 7.73. The fraction of sp³-hybridized carbons (Fsp3) is 0.233. The van der Waals surface area contributed by atoms with E-state index in [2.05, 4.69) is 5.32 Å². The van der Waals surface area contributed by atoms with Gasteiger partial charge in [-0.15, -0.1) is 0 Å². The summed E-state index contributed by atoms with van der Waals surface area (Å²) in [5.74, 6) is 1.79. The maximum absolute atomic E-state index is 14.1. The molecule has 10 nitrogen and oxygen atoms in total. The minimum absolute atomic E-state index is 0.0986. The van der Waals surface area contributed by atoms with Crippen molar-refractivity contribution < 1.29 is 28.5 Å². The molecule has 0 unspecified atom stereocenters. The molecule has 4 aromatic rings. The first-order valence-corrected chi connectivity index (χ1v) is 12.8. The molecule has 1 N–H and O–H groups in total. The molecule has 2 aliphatic heterocycles. The number of ether oxygens (including phenoxy) is 4. The largest absolute Gasteiger partial charge is 0.497 e. The standard InChI is InChI=1S/C30H28N4O6/c1-30(29(36)31-16-20-6-4-5-7-25(20)38-3)17-33-24(15-23(32-33)19-8-11-22(37-2)12-9-19)28(35)34(30)21-10-13-26-27(14-21)40-18-39-26/h4-15H,16-18H2,1-3H3,(H,31,36)/t30-/m1/s1. The van der Waals surface area contributed by atoms with Gasteiger partial charge >= 0.3 is 0 Å². The van der Waals surface area contributed by atoms with Crippen LogP contribution >= 0.6 is 0 Å².